The van der Waals surface area contributed by atoms with E-state index in [1.807, 2.05) is 0 Å². The van der Waals surface area contributed by atoms with Crippen molar-refractivity contribution >= 4 is 27.5 Å². The summed E-state index contributed by atoms with van der Waals surface area (Å²) in [5.41, 5.74) is 0. The predicted molar refractivity (Wildman–Crippen MR) is 74.1 cm³/mol. The van der Waals surface area contributed by atoms with Gasteiger partial charge in [-0.3, -0.25) is 4.79 Å². The Hall–Kier alpha value is -1.31. The first-order valence-electron chi connectivity index (χ1n) is 6.00. The second kappa shape index (κ2) is 5.59. The van der Waals surface area contributed by atoms with Gasteiger partial charge in [0.25, 0.3) is 5.91 Å². The average molecular weight is 319 g/mol. The molecule has 0 bridgehead atoms. The number of carbonyl (C=O) groups is 1. The minimum absolute atomic E-state index is 0.0957. The third-order valence-electron chi connectivity index (χ3n) is 3.07. The number of nitrogens with zero attached hydrogens (tertiary/aromatic N) is 1. The van der Waals surface area contributed by atoms with Crippen LogP contribution in [-0.4, -0.2) is 38.9 Å². The summed E-state index contributed by atoms with van der Waals surface area (Å²) in [7, 11) is -2.07. The van der Waals surface area contributed by atoms with Crippen LogP contribution in [0.15, 0.2) is 23.1 Å². The lowest BCUT2D eigenvalue weighted by Crippen LogP contribution is -2.33. The van der Waals surface area contributed by atoms with Gasteiger partial charge in [-0.1, -0.05) is 11.6 Å². The van der Waals surface area contributed by atoms with Crippen molar-refractivity contribution in [1.82, 2.24) is 4.90 Å². The monoisotopic (exact) mass is 318 g/mol. The van der Waals surface area contributed by atoms with Crippen molar-refractivity contribution in [3.63, 3.8) is 0 Å². The lowest BCUT2D eigenvalue weighted by molar-refractivity contribution is -0.132. The third-order valence-corrected chi connectivity index (χ3v) is 4.28. The van der Waals surface area contributed by atoms with E-state index in [0.29, 0.717) is 6.04 Å². The third kappa shape index (κ3) is 3.62. The molecule has 0 aromatic heterocycles. The SMILES string of the molecule is CN(C(=O)COc1ccc(S(N)(=O)=O)cc1Cl)C1CC1. The second-order valence-electron chi connectivity index (χ2n) is 4.66. The summed E-state index contributed by atoms with van der Waals surface area (Å²) in [5, 5.41) is 5.09. The molecule has 1 amide bonds. The van der Waals surface area contributed by atoms with Gasteiger partial charge in [-0.2, -0.15) is 0 Å². The molecule has 0 unspecified atom stereocenters. The fourth-order valence-electron chi connectivity index (χ4n) is 1.68. The molecule has 1 fully saturated rings. The molecule has 20 heavy (non-hydrogen) atoms. The van der Waals surface area contributed by atoms with Crippen LogP contribution in [-0.2, 0) is 14.8 Å². The highest BCUT2D eigenvalue weighted by atomic mass is 35.5. The molecule has 0 aliphatic heterocycles. The molecule has 0 saturated heterocycles. The van der Waals surface area contributed by atoms with Gasteiger partial charge in [0.05, 0.1) is 9.92 Å². The van der Waals surface area contributed by atoms with E-state index in [9.17, 15) is 13.2 Å². The van der Waals surface area contributed by atoms with Crippen molar-refractivity contribution in [2.24, 2.45) is 5.14 Å². The smallest absolute Gasteiger partial charge is 0.260 e. The van der Waals surface area contributed by atoms with Crippen LogP contribution in [0, 0.1) is 0 Å². The maximum atomic E-state index is 11.8. The number of carbonyl (C=O) groups excluding carboxylic acids is 1. The normalized spacial score (nSPS) is 14.9. The first-order valence-corrected chi connectivity index (χ1v) is 7.92. The number of amides is 1. The van der Waals surface area contributed by atoms with Crippen LogP contribution in [0.2, 0.25) is 5.02 Å². The van der Waals surface area contributed by atoms with E-state index >= 15 is 0 Å². The highest BCUT2D eigenvalue weighted by Gasteiger charge is 2.29. The molecule has 2 rings (SSSR count). The lowest BCUT2D eigenvalue weighted by Gasteiger charge is -2.16. The number of rotatable bonds is 5. The standard InChI is InChI=1S/C12H15ClN2O4S/c1-15(8-2-3-8)12(16)7-19-11-5-4-9(6-10(11)13)20(14,17)18/h4-6,8H,2-3,7H2,1H3,(H2,14,17,18). The molecular weight excluding hydrogens is 304 g/mol. The number of primary sulfonamides is 1. The van der Waals surface area contributed by atoms with Crippen LogP contribution < -0.4 is 9.88 Å². The second-order valence-corrected chi connectivity index (χ2v) is 6.63. The Morgan fingerprint density at radius 2 is 2.15 bits per heavy atom. The van der Waals surface area contributed by atoms with E-state index in [1.54, 1.807) is 11.9 Å². The van der Waals surface area contributed by atoms with Gasteiger partial charge in [0.1, 0.15) is 5.75 Å². The van der Waals surface area contributed by atoms with Gasteiger partial charge in [-0.15, -0.1) is 0 Å². The highest BCUT2D eigenvalue weighted by Crippen LogP contribution is 2.28. The largest absolute Gasteiger partial charge is 0.482 e. The number of likely N-dealkylation sites (N-methyl/N-ethyl adjacent to an activating group) is 1. The first kappa shape index (κ1) is 15.1. The molecule has 0 heterocycles. The van der Waals surface area contributed by atoms with E-state index in [1.165, 1.54) is 18.2 Å². The molecule has 0 atom stereocenters. The number of sulfonamides is 1. The van der Waals surface area contributed by atoms with Crippen LogP contribution in [0.25, 0.3) is 0 Å². The van der Waals surface area contributed by atoms with E-state index in [2.05, 4.69) is 0 Å². The number of benzene rings is 1. The summed E-state index contributed by atoms with van der Waals surface area (Å²) in [5.74, 6) is 0.107. The maximum Gasteiger partial charge on any atom is 0.260 e. The molecular formula is C12H15ClN2O4S. The summed E-state index contributed by atoms with van der Waals surface area (Å²) in [4.78, 5) is 13.3. The van der Waals surface area contributed by atoms with Crippen LogP contribution in [0.1, 0.15) is 12.8 Å². The van der Waals surface area contributed by atoms with Gasteiger partial charge < -0.3 is 9.64 Å². The van der Waals surface area contributed by atoms with Crippen molar-refractivity contribution in [1.29, 1.82) is 0 Å². The molecule has 110 valence electrons. The molecule has 2 N–H and O–H groups in total. The maximum absolute atomic E-state index is 11.8. The average Bonchev–Trinajstić information content (AvgIpc) is 3.19. The number of hydrogen-bond donors (Lipinski definition) is 1. The van der Waals surface area contributed by atoms with Gasteiger partial charge >= 0.3 is 0 Å². The van der Waals surface area contributed by atoms with Crippen molar-refractivity contribution in [3.05, 3.63) is 23.2 Å². The highest BCUT2D eigenvalue weighted by molar-refractivity contribution is 7.89. The van der Waals surface area contributed by atoms with Crippen LogP contribution >= 0.6 is 11.6 Å². The van der Waals surface area contributed by atoms with E-state index in [0.717, 1.165) is 12.8 Å². The minimum Gasteiger partial charge on any atom is -0.482 e. The summed E-state index contributed by atoms with van der Waals surface area (Å²) in [6, 6.07) is 4.17. The molecule has 8 heteroatoms. The Labute approximate surface area is 122 Å². The van der Waals surface area contributed by atoms with Gasteiger partial charge in [0.15, 0.2) is 6.61 Å². The fourth-order valence-corrected chi connectivity index (χ4v) is 2.52. The zero-order chi connectivity index (χ0) is 14.9. The van der Waals surface area contributed by atoms with Crippen molar-refractivity contribution in [2.75, 3.05) is 13.7 Å². The molecule has 1 saturated carbocycles. The van der Waals surface area contributed by atoms with Gasteiger partial charge in [0, 0.05) is 13.1 Å². The Morgan fingerprint density at radius 1 is 1.50 bits per heavy atom. The van der Waals surface area contributed by atoms with E-state index < -0.39 is 10.0 Å². The zero-order valence-corrected chi connectivity index (χ0v) is 12.4. The fraction of sp³-hybridized carbons (Fsp3) is 0.417. The van der Waals surface area contributed by atoms with Gasteiger partial charge in [-0.25, -0.2) is 13.6 Å². The molecule has 1 aromatic rings. The van der Waals surface area contributed by atoms with Crippen molar-refractivity contribution in [2.45, 2.75) is 23.8 Å². The summed E-state index contributed by atoms with van der Waals surface area (Å²) >= 11 is 5.90. The van der Waals surface area contributed by atoms with Crippen LogP contribution in [0.5, 0.6) is 5.75 Å². The molecule has 0 radical (unpaired) electrons. The Kier molecular flexibility index (Phi) is 4.22. The van der Waals surface area contributed by atoms with E-state index in [4.69, 9.17) is 21.5 Å². The van der Waals surface area contributed by atoms with Crippen molar-refractivity contribution in [3.8, 4) is 5.75 Å². The Balaban J connectivity index is 2.01. The number of halogens is 1. The van der Waals surface area contributed by atoms with Gasteiger partial charge in [-0.05, 0) is 31.0 Å². The Morgan fingerprint density at radius 3 is 2.65 bits per heavy atom. The van der Waals surface area contributed by atoms with Gasteiger partial charge in [0.2, 0.25) is 10.0 Å². The Bertz CT molecular complexity index is 628. The quantitative estimate of drug-likeness (QED) is 0.876. The number of nitrogens with two attached hydrogens (primary N) is 1. The van der Waals surface area contributed by atoms with Crippen molar-refractivity contribution < 1.29 is 17.9 Å². The first-order chi connectivity index (χ1) is 9.29. The molecule has 0 spiro atoms. The molecule has 1 aliphatic carbocycles. The summed E-state index contributed by atoms with van der Waals surface area (Å²) in [6.45, 7) is -0.137. The van der Waals surface area contributed by atoms with Crippen LogP contribution in [0.3, 0.4) is 0 Å². The number of ether oxygens (including phenoxy) is 1. The number of hydrogen-bond acceptors (Lipinski definition) is 4. The molecule has 1 aromatic carbocycles. The van der Waals surface area contributed by atoms with E-state index in [-0.39, 0.29) is 28.2 Å². The predicted octanol–water partition coefficient (Wildman–Crippen LogP) is 0.987. The van der Waals surface area contributed by atoms with Crippen LogP contribution in [0.4, 0.5) is 0 Å². The molecule has 1 aliphatic rings. The minimum atomic E-state index is -3.80. The zero-order valence-electron chi connectivity index (χ0n) is 10.9. The summed E-state index contributed by atoms with van der Waals surface area (Å²) in [6.07, 6.45) is 2.04. The molecule has 6 nitrogen and oxygen atoms in total. The summed E-state index contributed by atoms with van der Waals surface area (Å²) < 4.78 is 27.6. The topological polar surface area (TPSA) is 89.7 Å². The lowest BCUT2D eigenvalue weighted by atomic mass is 10.3.